The van der Waals surface area contributed by atoms with E-state index in [1.54, 1.807) is 25.1 Å². The normalized spacial score (nSPS) is 12.6. The van der Waals surface area contributed by atoms with Crippen LogP contribution in [0.3, 0.4) is 0 Å². The van der Waals surface area contributed by atoms with E-state index in [0.717, 1.165) is 24.3 Å². The third-order valence-corrected chi connectivity index (χ3v) is 2.97. The van der Waals surface area contributed by atoms with Crippen LogP contribution in [0.1, 0.15) is 23.0 Å². The molecule has 0 spiro atoms. The van der Waals surface area contributed by atoms with Crippen LogP contribution in [0.2, 0.25) is 0 Å². The first-order valence-electron chi connectivity index (χ1n) is 7.28. The van der Waals surface area contributed by atoms with Crippen molar-refractivity contribution in [3.05, 3.63) is 59.6 Å². The van der Waals surface area contributed by atoms with Gasteiger partial charge in [0.2, 0.25) is 0 Å². The van der Waals surface area contributed by atoms with Gasteiger partial charge in [0.25, 0.3) is 5.91 Å². The summed E-state index contributed by atoms with van der Waals surface area (Å²) in [7, 11) is 0. The zero-order valence-electron chi connectivity index (χ0n) is 13.5. The molecule has 0 unspecified atom stereocenters. The van der Waals surface area contributed by atoms with E-state index in [1.165, 1.54) is 12.5 Å². The molecule has 0 aliphatic heterocycles. The lowest BCUT2D eigenvalue weighted by molar-refractivity contribution is -0.253. The highest BCUT2D eigenvalue weighted by molar-refractivity contribution is 5.95. The van der Waals surface area contributed by atoms with Crippen LogP contribution in [-0.4, -0.2) is 24.7 Å². The minimum absolute atomic E-state index is 0.0857. The third-order valence-electron chi connectivity index (χ3n) is 2.97. The van der Waals surface area contributed by atoms with E-state index in [2.05, 4.69) is 15.3 Å². The monoisotopic (exact) mass is 370 g/mol. The van der Waals surface area contributed by atoms with Crippen LogP contribution in [0.15, 0.2) is 57.8 Å². The van der Waals surface area contributed by atoms with Gasteiger partial charge in [-0.05, 0) is 55.0 Å². The molecule has 1 aromatic heterocycles. The number of carbonyl (C=O) groups excluding carboxylic acids is 1. The Labute approximate surface area is 146 Å². The minimum Gasteiger partial charge on any atom is -0.465 e. The van der Waals surface area contributed by atoms with Crippen molar-refractivity contribution in [2.75, 3.05) is 0 Å². The second kappa shape index (κ2) is 8.32. The Morgan fingerprint density at radius 3 is 2.54 bits per heavy atom. The molecule has 2 aromatic rings. The van der Waals surface area contributed by atoms with Crippen LogP contribution in [0.5, 0.6) is 5.75 Å². The molecule has 0 fully saturated rings. The molecule has 26 heavy (non-hydrogen) atoms. The number of hydrazone groups is 1. The number of halogens is 4. The average Bonchev–Trinajstić information content (AvgIpc) is 3.07. The van der Waals surface area contributed by atoms with Crippen LogP contribution < -0.4 is 10.2 Å². The number of alkyl halides is 4. The van der Waals surface area contributed by atoms with Gasteiger partial charge in [-0.25, -0.2) is 5.43 Å². The van der Waals surface area contributed by atoms with Crippen LogP contribution in [-0.2, 0) is 0 Å². The Hall–Kier alpha value is -3.10. The van der Waals surface area contributed by atoms with Crippen molar-refractivity contribution >= 4 is 18.2 Å². The molecule has 1 heterocycles. The Kier molecular flexibility index (Phi) is 6.16. The van der Waals surface area contributed by atoms with E-state index in [1.807, 2.05) is 0 Å². The topological polar surface area (TPSA) is 63.8 Å². The lowest BCUT2D eigenvalue weighted by Gasteiger charge is -2.16. The molecule has 0 saturated heterocycles. The molecule has 0 radical (unpaired) electrons. The Bertz CT molecular complexity index is 785. The Morgan fingerprint density at radius 1 is 1.27 bits per heavy atom. The molecule has 0 atom stereocenters. The number of allylic oxidation sites excluding steroid dienone is 1. The van der Waals surface area contributed by atoms with Crippen LogP contribution >= 0.6 is 0 Å². The number of furan rings is 1. The lowest BCUT2D eigenvalue weighted by atomic mass is 10.2. The van der Waals surface area contributed by atoms with Crippen LogP contribution in [0.25, 0.3) is 6.08 Å². The molecule has 1 amide bonds. The first-order valence-corrected chi connectivity index (χ1v) is 7.28. The predicted molar refractivity (Wildman–Crippen MR) is 86.3 cm³/mol. The summed E-state index contributed by atoms with van der Waals surface area (Å²) < 4.78 is 58.7. The van der Waals surface area contributed by atoms with Crippen molar-refractivity contribution in [1.82, 2.24) is 5.43 Å². The number of benzene rings is 1. The van der Waals surface area contributed by atoms with Crippen molar-refractivity contribution in [1.29, 1.82) is 0 Å². The maximum atomic E-state index is 12.8. The van der Waals surface area contributed by atoms with Gasteiger partial charge in [0.15, 0.2) is 0 Å². The molecule has 1 N–H and O–H groups in total. The molecule has 0 aliphatic carbocycles. The molecular formula is C17H14F4N2O3. The summed E-state index contributed by atoms with van der Waals surface area (Å²) in [6.07, 6.45) is -3.96. The van der Waals surface area contributed by atoms with Crippen molar-refractivity contribution < 1.29 is 31.5 Å². The highest BCUT2D eigenvalue weighted by Gasteiger charge is 2.43. The number of amides is 1. The zero-order valence-corrected chi connectivity index (χ0v) is 13.5. The Balaban J connectivity index is 1.92. The molecule has 2 rings (SSSR count). The summed E-state index contributed by atoms with van der Waals surface area (Å²) in [5.74, 6) is -0.483. The largest absolute Gasteiger partial charge is 0.465 e. The standard InChI is InChI=1S/C17H14F4N2O3/c1-11(9-14-3-2-8-25-14)10-22-23-15(24)12-4-6-13(7-5-12)26-17(20,21)16(18)19/h2-10,16H,1H3,(H,23,24)/b11-9+,22-10?. The number of rotatable bonds is 7. The van der Waals surface area contributed by atoms with E-state index in [9.17, 15) is 22.4 Å². The molecule has 0 saturated carbocycles. The van der Waals surface area contributed by atoms with Gasteiger partial charge in [-0.3, -0.25) is 4.79 Å². The summed E-state index contributed by atoms with van der Waals surface area (Å²) in [6, 6.07) is 7.73. The van der Waals surface area contributed by atoms with E-state index < -0.39 is 24.2 Å². The molecule has 5 nitrogen and oxygen atoms in total. The van der Waals surface area contributed by atoms with Gasteiger partial charge < -0.3 is 9.15 Å². The minimum atomic E-state index is -4.61. The van der Waals surface area contributed by atoms with Crippen molar-refractivity contribution in [2.24, 2.45) is 5.10 Å². The van der Waals surface area contributed by atoms with Gasteiger partial charge in [0, 0.05) is 5.56 Å². The summed E-state index contributed by atoms with van der Waals surface area (Å²) >= 11 is 0. The van der Waals surface area contributed by atoms with Gasteiger partial charge in [-0.2, -0.15) is 22.7 Å². The maximum absolute atomic E-state index is 12.8. The summed E-state index contributed by atoms with van der Waals surface area (Å²) in [6.45, 7) is 1.74. The molecule has 1 aromatic carbocycles. The van der Waals surface area contributed by atoms with Gasteiger partial charge in [-0.15, -0.1) is 0 Å². The maximum Gasteiger partial charge on any atom is 0.461 e. The van der Waals surface area contributed by atoms with Crippen molar-refractivity contribution in [3.8, 4) is 5.75 Å². The second-order valence-corrected chi connectivity index (χ2v) is 5.09. The fraction of sp³-hybridized carbons (Fsp3) is 0.176. The first kappa shape index (κ1) is 19.2. The molecular weight excluding hydrogens is 356 g/mol. The molecule has 0 aliphatic rings. The number of nitrogens with zero attached hydrogens (tertiary/aromatic N) is 1. The summed E-state index contributed by atoms with van der Waals surface area (Å²) in [4.78, 5) is 11.9. The van der Waals surface area contributed by atoms with E-state index in [4.69, 9.17) is 4.42 Å². The molecule has 138 valence electrons. The van der Waals surface area contributed by atoms with Gasteiger partial charge in [0.05, 0.1) is 12.5 Å². The van der Waals surface area contributed by atoms with Crippen LogP contribution in [0, 0.1) is 0 Å². The number of nitrogens with one attached hydrogen (secondary N) is 1. The summed E-state index contributed by atoms with van der Waals surface area (Å²) in [5.41, 5.74) is 3.04. The molecule has 0 bridgehead atoms. The first-order chi connectivity index (χ1) is 12.3. The average molecular weight is 370 g/mol. The number of hydrogen-bond acceptors (Lipinski definition) is 4. The smallest absolute Gasteiger partial charge is 0.461 e. The van der Waals surface area contributed by atoms with Gasteiger partial charge in [0.1, 0.15) is 11.5 Å². The number of ether oxygens (including phenoxy) is 1. The highest BCUT2D eigenvalue weighted by Crippen LogP contribution is 2.27. The highest BCUT2D eigenvalue weighted by atomic mass is 19.3. The fourth-order valence-electron chi connectivity index (χ4n) is 1.77. The van der Waals surface area contributed by atoms with Gasteiger partial charge in [-0.1, -0.05) is 0 Å². The lowest BCUT2D eigenvalue weighted by Crippen LogP contribution is -2.33. The number of carbonyl (C=O) groups is 1. The van der Waals surface area contributed by atoms with Crippen molar-refractivity contribution in [3.63, 3.8) is 0 Å². The van der Waals surface area contributed by atoms with E-state index >= 15 is 0 Å². The van der Waals surface area contributed by atoms with E-state index in [-0.39, 0.29) is 5.56 Å². The zero-order chi connectivity index (χ0) is 19.2. The summed E-state index contributed by atoms with van der Waals surface area (Å²) in [5, 5.41) is 3.75. The fourth-order valence-corrected chi connectivity index (χ4v) is 1.77. The Morgan fingerprint density at radius 2 is 1.96 bits per heavy atom. The third kappa shape index (κ3) is 5.47. The van der Waals surface area contributed by atoms with Crippen LogP contribution in [0.4, 0.5) is 17.6 Å². The quantitative estimate of drug-likeness (QED) is 0.448. The van der Waals surface area contributed by atoms with Gasteiger partial charge >= 0.3 is 12.5 Å². The SMILES string of the molecule is C/C(C=NNC(=O)c1ccc(OC(F)(F)C(F)F)cc1)=C\c1ccco1. The second-order valence-electron chi connectivity index (χ2n) is 5.09. The van der Waals surface area contributed by atoms with E-state index in [0.29, 0.717) is 11.3 Å². The van der Waals surface area contributed by atoms with Crippen molar-refractivity contribution in [2.45, 2.75) is 19.5 Å². The number of hydrogen-bond donors (Lipinski definition) is 1. The molecule has 9 heteroatoms. The predicted octanol–water partition coefficient (Wildman–Crippen LogP) is 4.34.